The molecular formula is C18H31NO. The van der Waals surface area contributed by atoms with Gasteiger partial charge in [-0.3, -0.25) is 0 Å². The van der Waals surface area contributed by atoms with Crippen molar-refractivity contribution in [1.29, 1.82) is 0 Å². The van der Waals surface area contributed by atoms with Crippen LogP contribution in [0.15, 0.2) is 0 Å². The SMILES string of the molecule is NC(COC1CCCCC1)C12CC3CC(CC(C3)C1)C2. The second kappa shape index (κ2) is 5.28. The average Bonchev–Trinajstić information content (AvgIpc) is 2.44. The third kappa shape index (κ3) is 2.43. The van der Waals surface area contributed by atoms with Gasteiger partial charge in [0.15, 0.2) is 0 Å². The molecule has 5 saturated carbocycles. The highest BCUT2D eigenvalue weighted by molar-refractivity contribution is 5.05. The zero-order valence-electron chi connectivity index (χ0n) is 12.9. The second-order valence-corrected chi connectivity index (χ2v) is 8.48. The van der Waals surface area contributed by atoms with Crippen molar-refractivity contribution in [3.8, 4) is 0 Å². The van der Waals surface area contributed by atoms with E-state index in [0.717, 1.165) is 24.4 Å². The van der Waals surface area contributed by atoms with Crippen molar-refractivity contribution in [2.75, 3.05) is 6.61 Å². The zero-order chi connectivity index (χ0) is 13.6. The Labute approximate surface area is 123 Å². The Morgan fingerprint density at radius 2 is 1.45 bits per heavy atom. The molecule has 114 valence electrons. The summed E-state index contributed by atoms with van der Waals surface area (Å²) in [4.78, 5) is 0. The van der Waals surface area contributed by atoms with Gasteiger partial charge in [0.25, 0.3) is 0 Å². The van der Waals surface area contributed by atoms with Gasteiger partial charge in [-0.15, -0.1) is 0 Å². The first kappa shape index (κ1) is 13.6. The summed E-state index contributed by atoms with van der Waals surface area (Å²) in [6, 6.07) is 0.304. The molecule has 5 aliphatic carbocycles. The lowest BCUT2D eigenvalue weighted by molar-refractivity contribution is -0.0898. The fraction of sp³-hybridized carbons (Fsp3) is 1.00. The molecule has 5 rings (SSSR count). The van der Waals surface area contributed by atoms with Crippen LogP contribution in [0.5, 0.6) is 0 Å². The first-order valence-corrected chi connectivity index (χ1v) is 9.11. The maximum absolute atomic E-state index is 6.66. The molecule has 0 aromatic heterocycles. The average molecular weight is 277 g/mol. The van der Waals surface area contributed by atoms with Gasteiger partial charge in [-0.05, 0) is 74.5 Å². The Kier molecular flexibility index (Phi) is 3.58. The molecule has 2 heteroatoms. The largest absolute Gasteiger partial charge is 0.377 e. The highest BCUT2D eigenvalue weighted by atomic mass is 16.5. The van der Waals surface area contributed by atoms with Gasteiger partial charge >= 0.3 is 0 Å². The van der Waals surface area contributed by atoms with Crippen molar-refractivity contribution in [2.45, 2.75) is 82.8 Å². The molecule has 0 aromatic carbocycles. The van der Waals surface area contributed by atoms with Crippen molar-refractivity contribution in [3.05, 3.63) is 0 Å². The van der Waals surface area contributed by atoms with Crippen molar-refractivity contribution in [2.24, 2.45) is 28.9 Å². The smallest absolute Gasteiger partial charge is 0.0626 e. The minimum Gasteiger partial charge on any atom is -0.377 e. The molecule has 20 heavy (non-hydrogen) atoms. The van der Waals surface area contributed by atoms with E-state index in [1.807, 2.05) is 0 Å². The lowest BCUT2D eigenvalue weighted by Gasteiger charge is -2.59. The number of hydrogen-bond acceptors (Lipinski definition) is 2. The highest BCUT2D eigenvalue weighted by Gasteiger charge is 2.53. The molecule has 5 aliphatic rings. The van der Waals surface area contributed by atoms with Gasteiger partial charge in [0.1, 0.15) is 0 Å². The molecule has 0 heterocycles. The molecule has 2 nitrogen and oxygen atoms in total. The molecule has 1 atom stereocenters. The van der Waals surface area contributed by atoms with Crippen LogP contribution in [0.25, 0.3) is 0 Å². The number of hydrogen-bond donors (Lipinski definition) is 1. The van der Waals surface area contributed by atoms with Crippen LogP contribution in [0.3, 0.4) is 0 Å². The zero-order valence-corrected chi connectivity index (χ0v) is 12.9. The molecule has 0 spiro atoms. The third-order valence-electron chi connectivity index (χ3n) is 6.94. The molecule has 0 amide bonds. The van der Waals surface area contributed by atoms with Crippen LogP contribution in [0.1, 0.15) is 70.6 Å². The van der Waals surface area contributed by atoms with Gasteiger partial charge in [-0.25, -0.2) is 0 Å². The molecule has 5 fully saturated rings. The number of nitrogens with two attached hydrogens (primary N) is 1. The lowest BCUT2D eigenvalue weighted by Crippen LogP contribution is -2.56. The minimum absolute atomic E-state index is 0.304. The molecular weight excluding hydrogens is 246 g/mol. The molecule has 1 unspecified atom stereocenters. The Bertz CT molecular complexity index is 312. The third-order valence-corrected chi connectivity index (χ3v) is 6.94. The summed E-state index contributed by atoms with van der Waals surface area (Å²) < 4.78 is 6.21. The normalized spacial score (nSPS) is 45.8. The second-order valence-electron chi connectivity index (χ2n) is 8.48. The van der Waals surface area contributed by atoms with Gasteiger partial charge in [-0.1, -0.05) is 19.3 Å². The summed E-state index contributed by atoms with van der Waals surface area (Å²) in [7, 11) is 0. The van der Waals surface area contributed by atoms with Crippen LogP contribution >= 0.6 is 0 Å². The Morgan fingerprint density at radius 1 is 0.900 bits per heavy atom. The molecule has 2 N–H and O–H groups in total. The maximum atomic E-state index is 6.66. The summed E-state index contributed by atoms with van der Waals surface area (Å²) in [5, 5.41) is 0. The predicted octanol–water partition coefficient (Wildman–Crippen LogP) is 3.88. The Hall–Kier alpha value is -0.0800. The molecule has 0 aromatic rings. The standard InChI is InChI=1S/C18H31NO/c19-17(12-20-16-4-2-1-3-5-16)18-9-13-6-14(10-18)8-15(7-13)11-18/h13-17H,1-12,19H2. The van der Waals surface area contributed by atoms with E-state index in [4.69, 9.17) is 10.5 Å². The topological polar surface area (TPSA) is 35.2 Å². The first-order chi connectivity index (χ1) is 9.73. The molecule has 4 bridgehead atoms. The van der Waals surface area contributed by atoms with Gasteiger partial charge in [0.2, 0.25) is 0 Å². The van der Waals surface area contributed by atoms with E-state index < -0.39 is 0 Å². The van der Waals surface area contributed by atoms with Crippen LogP contribution in [0.4, 0.5) is 0 Å². The number of rotatable bonds is 4. The molecule has 0 radical (unpaired) electrons. The Morgan fingerprint density at radius 3 is 2.00 bits per heavy atom. The van der Waals surface area contributed by atoms with E-state index in [0.29, 0.717) is 17.6 Å². The highest BCUT2D eigenvalue weighted by Crippen LogP contribution is 2.61. The molecule has 0 aliphatic heterocycles. The van der Waals surface area contributed by atoms with Gasteiger partial charge in [0, 0.05) is 6.04 Å². The van der Waals surface area contributed by atoms with Gasteiger partial charge in [0.05, 0.1) is 12.7 Å². The number of ether oxygens (including phenoxy) is 1. The van der Waals surface area contributed by atoms with E-state index in [-0.39, 0.29) is 0 Å². The monoisotopic (exact) mass is 277 g/mol. The van der Waals surface area contributed by atoms with Crippen molar-refractivity contribution in [3.63, 3.8) is 0 Å². The van der Waals surface area contributed by atoms with Crippen LogP contribution < -0.4 is 5.73 Å². The van der Waals surface area contributed by atoms with E-state index in [9.17, 15) is 0 Å². The van der Waals surface area contributed by atoms with Gasteiger partial charge in [-0.2, -0.15) is 0 Å². The predicted molar refractivity (Wildman–Crippen MR) is 81.4 cm³/mol. The first-order valence-electron chi connectivity index (χ1n) is 9.11. The maximum Gasteiger partial charge on any atom is 0.0626 e. The quantitative estimate of drug-likeness (QED) is 0.846. The molecule has 0 saturated heterocycles. The van der Waals surface area contributed by atoms with Crippen molar-refractivity contribution < 1.29 is 4.74 Å². The lowest BCUT2D eigenvalue weighted by atomic mass is 9.48. The van der Waals surface area contributed by atoms with Crippen molar-refractivity contribution in [1.82, 2.24) is 0 Å². The summed E-state index contributed by atoms with van der Waals surface area (Å²) in [6.45, 7) is 0.830. The van der Waals surface area contributed by atoms with E-state index in [1.165, 1.54) is 70.6 Å². The van der Waals surface area contributed by atoms with Crippen LogP contribution in [-0.2, 0) is 4.74 Å². The van der Waals surface area contributed by atoms with Gasteiger partial charge < -0.3 is 10.5 Å². The fourth-order valence-corrected chi connectivity index (χ4v) is 6.28. The Balaban J connectivity index is 1.36. The fourth-order valence-electron chi connectivity index (χ4n) is 6.28. The summed E-state index contributed by atoms with van der Waals surface area (Å²) in [6.07, 6.45) is 15.9. The summed E-state index contributed by atoms with van der Waals surface area (Å²) in [5.41, 5.74) is 7.13. The van der Waals surface area contributed by atoms with E-state index >= 15 is 0 Å². The minimum atomic E-state index is 0.304. The summed E-state index contributed by atoms with van der Waals surface area (Å²) >= 11 is 0. The summed E-state index contributed by atoms with van der Waals surface area (Å²) in [5.74, 6) is 3.01. The van der Waals surface area contributed by atoms with Crippen LogP contribution in [0, 0.1) is 23.2 Å². The van der Waals surface area contributed by atoms with Crippen molar-refractivity contribution >= 4 is 0 Å². The van der Waals surface area contributed by atoms with E-state index in [2.05, 4.69) is 0 Å². The van der Waals surface area contributed by atoms with E-state index in [1.54, 1.807) is 0 Å². The van der Waals surface area contributed by atoms with Crippen LogP contribution in [-0.4, -0.2) is 18.8 Å². The van der Waals surface area contributed by atoms with Crippen LogP contribution in [0.2, 0.25) is 0 Å².